The zero-order valence-corrected chi connectivity index (χ0v) is 11.3. The van der Waals surface area contributed by atoms with E-state index in [4.69, 9.17) is 9.47 Å². The van der Waals surface area contributed by atoms with E-state index in [0.29, 0.717) is 12.6 Å². The lowest BCUT2D eigenvalue weighted by molar-refractivity contribution is -0.0146. The van der Waals surface area contributed by atoms with E-state index in [1.807, 2.05) is 12.1 Å². The third kappa shape index (κ3) is 3.72. The number of hydrogen-bond acceptors (Lipinski definition) is 3. The molecule has 0 aromatic heterocycles. The maximum atomic E-state index is 6.06. The summed E-state index contributed by atoms with van der Waals surface area (Å²) in [5.41, 5.74) is 1.22. The van der Waals surface area contributed by atoms with Crippen LogP contribution in [0.15, 0.2) is 24.3 Å². The standard InChI is InChI=1S/C15H23NO2/c1-3-8-16-14-7-9-17-11-15(14)18-13-6-4-5-12(2)10-13/h4-6,10,14-16H,3,7-9,11H2,1-2H3. The van der Waals surface area contributed by atoms with Crippen LogP contribution in [0.1, 0.15) is 25.3 Å². The molecule has 2 atom stereocenters. The molecule has 2 unspecified atom stereocenters. The molecule has 3 heteroatoms. The lowest BCUT2D eigenvalue weighted by atomic mass is 10.1. The van der Waals surface area contributed by atoms with Gasteiger partial charge in [0.1, 0.15) is 11.9 Å². The van der Waals surface area contributed by atoms with Gasteiger partial charge in [0.25, 0.3) is 0 Å². The molecule has 1 aliphatic heterocycles. The highest BCUT2D eigenvalue weighted by Gasteiger charge is 2.26. The topological polar surface area (TPSA) is 30.5 Å². The van der Waals surface area contributed by atoms with Crippen molar-refractivity contribution in [1.29, 1.82) is 0 Å². The fourth-order valence-electron chi connectivity index (χ4n) is 2.25. The Morgan fingerprint density at radius 2 is 2.33 bits per heavy atom. The van der Waals surface area contributed by atoms with E-state index in [1.54, 1.807) is 0 Å². The molecule has 100 valence electrons. The number of aryl methyl sites for hydroxylation is 1. The zero-order valence-electron chi connectivity index (χ0n) is 11.3. The average molecular weight is 249 g/mol. The van der Waals surface area contributed by atoms with Crippen LogP contribution in [0.2, 0.25) is 0 Å². The minimum absolute atomic E-state index is 0.118. The van der Waals surface area contributed by atoms with E-state index in [1.165, 1.54) is 5.56 Å². The number of hydrogen-bond donors (Lipinski definition) is 1. The first-order valence-corrected chi connectivity index (χ1v) is 6.84. The molecule has 0 spiro atoms. The van der Waals surface area contributed by atoms with Crippen LogP contribution < -0.4 is 10.1 Å². The minimum Gasteiger partial charge on any atom is -0.486 e. The normalized spacial score (nSPS) is 23.9. The second-order valence-corrected chi connectivity index (χ2v) is 4.90. The molecule has 1 aromatic rings. The first-order valence-electron chi connectivity index (χ1n) is 6.84. The smallest absolute Gasteiger partial charge is 0.137 e. The summed E-state index contributed by atoms with van der Waals surface area (Å²) >= 11 is 0. The van der Waals surface area contributed by atoms with Crippen LogP contribution in [0.4, 0.5) is 0 Å². The van der Waals surface area contributed by atoms with Gasteiger partial charge in [-0.2, -0.15) is 0 Å². The van der Waals surface area contributed by atoms with Gasteiger partial charge in [0, 0.05) is 12.6 Å². The lowest BCUT2D eigenvalue weighted by Gasteiger charge is -2.32. The van der Waals surface area contributed by atoms with Crippen LogP contribution in [-0.4, -0.2) is 31.9 Å². The highest BCUT2D eigenvalue weighted by Crippen LogP contribution is 2.18. The average Bonchev–Trinajstić information content (AvgIpc) is 2.38. The van der Waals surface area contributed by atoms with Gasteiger partial charge in [0.15, 0.2) is 0 Å². The molecular weight excluding hydrogens is 226 g/mol. The van der Waals surface area contributed by atoms with E-state index in [-0.39, 0.29) is 6.10 Å². The second-order valence-electron chi connectivity index (χ2n) is 4.90. The molecule has 1 aromatic carbocycles. The monoisotopic (exact) mass is 249 g/mol. The van der Waals surface area contributed by atoms with Crippen molar-refractivity contribution in [2.75, 3.05) is 19.8 Å². The van der Waals surface area contributed by atoms with Crippen LogP contribution in [0.5, 0.6) is 5.75 Å². The highest BCUT2D eigenvalue weighted by atomic mass is 16.5. The summed E-state index contributed by atoms with van der Waals surface area (Å²) in [4.78, 5) is 0. The summed E-state index contributed by atoms with van der Waals surface area (Å²) in [6, 6.07) is 8.60. The first kappa shape index (κ1) is 13.4. The van der Waals surface area contributed by atoms with Gasteiger partial charge in [-0.25, -0.2) is 0 Å². The highest BCUT2D eigenvalue weighted by molar-refractivity contribution is 5.27. The van der Waals surface area contributed by atoms with Crippen molar-refractivity contribution in [1.82, 2.24) is 5.32 Å². The van der Waals surface area contributed by atoms with Crippen molar-refractivity contribution >= 4 is 0 Å². The summed E-state index contributed by atoms with van der Waals surface area (Å²) in [5.74, 6) is 0.939. The second kappa shape index (κ2) is 6.76. The molecule has 1 aliphatic rings. The molecule has 0 saturated carbocycles. The molecule has 1 heterocycles. The SMILES string of the molecule is CCCNC1CCOCC1Oc1cccc(C)c1. The molecule has 0 amide bonds. The summed E-state index contributed by atoms with van der Waals surface area (Å²) in [7, 11) is 0. The van der Waals surface area contributed by atoms with Gasteiger partial charge in [0.2, 0.25) is 0 Å². The van der Waals surface area contributed by atoms with Gasteiger partial charge in [-0.05, 0) is 44.0 Å². The third-order valence-corrected chi connectivity index (χ3v) is 3.24. The Morgan fingerprint density at radius 3 is 3.11 bits per heavy atom. The van der Waals surface area contributed by atoms with Crippen molar-refractivity contribution in [3.05, 3.63) is 29.8 Å². The van der Waals surface area contributed by atoms with Crippen molar-refractivity contribution in [3.8, 4) is 5.75 Å². The van der Waals surface area contributed by atoms with Gasteiger partial charge in [0.05, 0.1) is 6.61 Å². The quantitative estimate of drug-likeness (QED) is 0.870. The summed E-state index contributed by atoms with van der Waals surface area (Å²) in [6.45, 7) is 6.81. The number of ether oxygens (including phenoxy) is 2. The van der Waals surface area contributed by atoms with Crippen molar-refractivity contribution in [2.24, 2.45) is 0 Å². The van der Waals surface area contributed by atoms with Gasteiger partial charge in [-0.1, -0.05) is 19.1 Å². The predicted octanol–water partition coefficient (Wildman–Crippen LogP) is 2.53. The van der Waals surface area contributed by atoms with Gasteiger partial charge >= 0.3 is 0 Å². The predicted molar refractivity (Wildman–Crippen MR) is 73.1 cm³/mol. The molecule has 0 bridgehead atoms. The molecule has 18 heavy (non-hydrogen) atoms. The van der Waals surface area contributed by atoms with E-state index in [9.17, 15) is 0 Å². The number of rotatable bonds is 5. The van der Waals surface area contributed by atoms with Crippen LogP contribution in [0.3, 0.4) is 0 Å². The summed E-state index contributed by atoms with van der Waals surface area (Å²) in [6.07, 6.45) is 2.29. The fourth-order valence-corrected chi connectivity index (χ4v) is 2.25. The van der Waals surface area contributed by atoms with Gasteiger partial charge < -0.3 is 14.8 Å². The Kier molecular flexibility index (Phi) is 5.02. The van der Waals surface area contributed by atoms with Crippen molar-refractivity contribution < 1.29 is 9.47 Å². The molecule has 0 radical (unpaired) electrons. The van der Waals surface area contributed by atoms with Gasteiger partial charge in [-0.15, -0.1) is 0 Å². The Morgan fingerprint density at radius 1 is 1.44 bits per heavy atom. The Balaban J connectivity index is 1.96. The molecule has 1 fully saturated rings. The molecule has 0 aliphatic carbocycles. The van der Waals surface area contributed by atoms with Crippen LogP contribution in [-0.2, 0) is 4.74 Å². The van der Waals surface area contributed by atoms with E-state index in [0.717, 1.165) is 31.7 Å². The first-order chi connectivity index (χ1) is 8.79. The molecule has 1 saturated heterocycles. The molecular formula is C15H23NO2. The third-order valence-electron chi connectivity index (χ3n) is 3.24. The van der Waals surface area contributed by atoms with E-state index < -0.39 is 0 Å². The summed E-state index contributed by atoms with van der Waals surface area (Å²) in [5, 5.41) is 3.55. The zero-order chi connectivity index (χ0) is 12.8. The number of benzene rings is 1. The van der Waals surface area contributed by atoms with E-state index in [2.05, 4.69) is 31.3 Å². The van der Waals surface area contributed by atoms with Crippen molar-refractivity contribution in [2.45, 2.75) is 38.8 Å². The summed E-state index contributed by atoms with van der Waals surface area (Å²) < 4.78 is 11.6. The van der Waals surface area contributed by atoms with Crippen LogP contribution in [0.25, 0.3) is 0 Å². The fraction of sp³-hybridized carbons (Fsp3) is 0.600. The Hall–Kier alpha value is -1.06. The Labute approximate surface area is 109 Å². The maximum absolute atomic E-state index is 6.06. The Bertz CT molecular complexity index is 367. The van der Waals surface area contributed by atoms with Crippen LogP contribution in [0, 0.1) is 6.92 Å². The molecule has 1 N–H and O–H groups in total. The van der Waals surface area contributed by atoms with Crippen LogP contribution >= 0.6 is 0 Å². The minimum atomic E-state index is 0.118. The van der Waals surface area contributed by atoms with Gasteiger partial charge in [-0.3, -0.25) is 0 Å². The maximum Gasteiger partial charge on any atom is 0.137 e. The molecule has 2 rings (SSSR count). The molecule has 3 nitrogen and oxygen atoms in total. The van der Waals surface area contributed by atoms with Crippen molar-refractivity contribution in [3.63, 3.8) is 0 Å². The largest absolute Gasteiger partial charge is 0.486 e. The lowest BCUT2D eigenvalue weighted by Crippen LogP contribution is -2.49. The van der Waals surface area contributed by atoms with E-state index >= 15 is 0 Å². The number of nitrogens with one attached hydrogen (secondary N) is 1.